The minimum absolute atomic E-state index is 0.108. The first-order valence-electron chi connectivity index (χ1n) is 8.40. The van der Waals surface area contributed by atoms with E-state index in [-0.39, 0.29) is 12.6 Å². The number of thiophene rings is 1. The predicted molar refractivity (Wildman–Crippen MR) is 109 cm³/mol. The van der Waals surface area contributed by atoms with Crippen LogP contribution in [0.25, 0.3) is 21.5 Å². The zero-order valence-corrected chi connectivity index (χ0v) is 15.2. The van der Waals surface area contributed by atoms with Crippen LogP contribution in [-0.4, -0.2) is 22.5 Å². The minimum Gasteiger partial charge on any atom is -0.340 e. The molecule has 1 amide bonds. The van der Waals surface area contributed by atoms with Crippen molar-refractivity contribution in [2.24, 2.45) is 5.73 Å². The molecule has 2 heterocycles. The Hall–Kier alpha value is -3.29. The van der Waals surface area contributed by atoms with Gasteiger partial charge in [0.2, 0.25) is 5.95 Å². The molecule has 0 fully saturated rings. The van der Waals surface area contributed by atoms with Crippen molar-refractivity contribution in [3.05, 3.63) is 71.6 Å². The molecular formula is C20H17N5OS. The Kier molecular flexibility index (Phi) is 4.78. The molecule has 4 aromatic rings. The fraction of sp³-hybridized carbons (Fsp3) is 0.0500. The summed E-state index contributed by atoms with van der Waals surface area (Å²) in [6, 6.07) is 19.1. The number of nitrogens with two attached hydrogens (primary N) is 1. The zero-order valence-electron chi connectivity index (χ0n) is 14.3. The summed E-state index contributed by atoms with van der Waals surface area (Å²) in [6.45, 7) is 0.108. The van der Waals surface area contributed by atoms with E-state index in [9.17, 15) is 4.79 Å². The van der Waals surface area contributed by atoms with Gasteiger partial charge in [0, 0.05) is 16.8 Å². The van der Waals surface area contributed by atoms with Gasteiger partial charge in [-0.05, 0) is 35.7 Å². The second-order valence-electron chi connectivity index (χ2n) is 5.81. The van der Waals surface area contributed by atoms with E-state index in [4.69, 9.17) is 10.7 Å². The fourth-order valence-electron chi connectivity index (χ4n) is 2.74. The third kappa shape index (κ3) is 3.64. The van der Waals surface area contributed by atoms with Crippen molar-refractivity contribution >= 4 is 39.1 Å². The van der Waals surface area contributed by atoms with Crippen LogP contribution in [0.2, 0.25) is 0 Å². The third-order valence-corrected chi connectivity index (χ3v) is 4.93. The topological polar surface area (TPSA) is 92.9 Å². The maximum absolute atomic E-state index is 11.9. The molecule has 134 valence electrons. The second-order valence-corrected chi connectivity index (χ2v) is 6.73. The molecule has 0 saturated heterocycles. The highest BCUT2D eigenvalue weighted by Crippen LogP contribution is 2.32. The molecule has 0 aliphatic heterocycles. The monoisotopic (exact) mass is 375 g/mol. The quantitative estimate of drug-likeness (QED) is 0.462. The number of anilines is 2. The Balaban J connectivity index is 1.72. The van der Waals surface area contributed by atoms with E-state index in [2.05, 4.69) is 15.6 Å². The number of para-hydroxylation sites is 1. The van der Waals surface area contributed by atoms with E-state index in [1.54, 1.807) is 23.5 Å². The number of rotatable bonds is 5. The van der Waals surface area contributed by atoms with Crippen molar-refractivity contribution in [3.63, 3.8) is 0 Å². The van der Waals surface area contributed by atoms with Gasteiger partial charge in [0.25, 0.3) is 5.91 Å². The summed E-state index contributed by atoms with van der Waals surface area (Å²) in [6.07, 6.45) is 0. The van der Waals surface area contributed by atoms with Gasteiger partial charge in [-0.3, -0.25) is 4.79 Å². The first kappa shape index (κ1) is 17.1. The summed E-state index contributed by atoms with van der Waals surface area (Å²) < 4.78 is 1.01. The highest BCUT2D eigenvalue weighted by atomic mass is 32.1. The molecule has 0 aliphatic carbocycles. The average Bonchev–Trinajstić information content (AvgIpc) is 3.17. The summed E-state index contributed by atoms with van der Waals surface area (Å²) in [4.78, 5) is 21.2. The molecule has 0 spiro atoms. The van der Waals surface area contributed by atoms with Crippen LogP contribution >= 0.6 is 11.3 Å². The number of hydrogen-bond acceptors (Lipinski definition) is 6. The van der Waals surface area contributed by atoms with Crippen LogP contribution in [-0.2, 0) is 0 Å². The lowest BCUT2D eigenvalue weighted by atomic mass is 10.1. The van der Waals surface area contributed by atoms with Crippen LogP contribution in [0.4, 0.5) is 11.6 Å². The molecule has 4 rings (SSSR count). The Bertz CT molecular complexity index is 1080. The first-order valence-corrected chi connectivity index (χ1v) is 9.28. The normalized spacial score (nSPS) is 10.7. The highest BCUT2D eigenvalue weighted by molar-refractivity contribution is 7.17. The number of nitrogens with one attached hydrogen (secondary N) is 2. The maximum atomic E-state index is 11.9. The van der Waals surface area contributed by atoms with Crippen LogP contribution in [0.3, 0.4) is 0 Å². The van der Waals surface area contributed by atoms with Crippen LogP contribution in [0, 0.1) is 0 Å². The third-order valence-electron chi connectivity index (χ3n) is 4.02. The Morgan fingerprint density at radius 1 is 1.00 bits per heavy atom. The standard InChI is InChI=1S/C20H17N5OS/c21-12-22-19(26)14-8-6-13(7-9-14)17-18-16(10-11-27-18)24-20(25-17)23-15-4-2-1-3-5-15/h1-11H,12,21H2,(H,22,26)(H,23,24,25). The molecular weight excluding hydrogens is 358 g/mol. The van der Waals surface area contributed by atoms with E-state index in [0.29, 0.717) is 11.5 Å². The Morgan fingerprint density at radius 2 is 1.78 bits per heavy atom. The molecule has 0 radical (unpaired) electrons. The van der Waals surface area contributed by atoms with E-state index < -0.39 is 0 Å². The maximum Gasteiger partial charge on any atom is 0.252 e. The van der Waals surface area contributed by atoms with Crippen molar-refractivity contribution in [3.8, 4) is 11.3 Å². The number of carbonyl (C=O) groups is 1. The van der Waals surface area contributed by atoms with Gasteiger partial charge in [0.15, 0.2) is 0 Å². The van der Waals surface area contributed by atoms with E-state index >= 15 is 0 Å². The van der Waals surface area contributed by atoms with Crippen LogP contribution in [0.15, 0.2) is 66.0 Å². The molecule has 0 saturated carbocycles. The smallest absolute Gasteiger partial charge is 0.252 e. The number of fused-ring (bicyclic) bond motifs is 1. The van der Waals surface area contributed by atoms with Gasteiger partial charge in [-0.25, -0.2) is 9.97 Å². The van der Waals surface area contributed by atoms with Crippen molar-refractivity contribution in [1.29, 1.82) is 0 Å². The molecule has 4 N–H and O–H groups in total. The van der Waals surface area contributed by atoms with E-state index in [1.807, 2.05) is 53.9 Å². The predicted octanol–water partition coefficient (Wildman–Crippen LogP) is 3.75. The largest absolute Gasteiger partial charge is 0.340 e. The van der Waals surface area contributed by atoms with Gasteiger partial charge in [-0.2, -0.15) is 0 Å². The van der Waals surface area contributed by atoms with Crippen molar-refractivity contribution in [1.82, 2.24) is 15.3 Å². The van der Waals surface area contributed by atoms with Crippen LogP contribution < -0.4 is 16.4 Å². The number of carbonyl (C=O) groups excluding carboxylic acids is 1. The molecule has 0 aliphatic rings. The number of hydrogen-bond donors (Lipinski definition) is 3. The van der Waals surface area contributed by atoms with E-state index in [1.165, 1.54) is 0 Å². The lowest BCUT2D eigenvalue weighted by Crippen LogP contribution is -2.29. The molecule has 0 bridgehead atoms. The van der Waals surface area contributed by atoms with Gasteiger partial charge >= 0.3 is 0 Å². The van der Waals surface area contributed by atoms with Gasteiger partial charge in [0.1, 0.15) is 0 Å². The number of amides is 1. The molecule has 6 nitrogen and oxygen atoms in total. The zero-order chi connectivity index (χ0) is 18.6. The Morgan fingerprint density at radius 3 is 2.52 bits per heavy atom. The molecule has 2 aromatic carbocycles. The lowest BCUT2D eigenvalue weighted by Gasteiger charge is -2.09. The second kappa shape index (κ2) is 7.53. The molecule has 0 unspecified atom stereocenters. The van der Waals surface area contributed by atoms with Gasteiger partial charge in [-0.15, -0.1) is 11.3 Å². The van der Waals surface area contributed by atoms with Crippen LogP contribution in [0.5, 0.6) is 0 Å². The number of aromatic nitrogens is 2. The first-order chi connectivity index (χ1) is 13.2. The summed E-state index contributed by atoms with van der Waals surface area (Å²) in [5, 5.41) is 7.83. The Labute approximate surface area is 160 Å². The summed E-state index contributed by atoms with van der Waals surface area (Å²) >= 11 is 1.59. The highest BCUT2D eigenvalue weighted by Gasteiger charge is 2.12. The van der Waals surface area contributed by atoms with E-state index in [0.717, 1.165) is 27.2 Å². The van der Waals surface area contributed by atoms with Gasteiger partial charge in [-0.1, -0.05) is 30.3 Å². The summed E-state index contributed by atoms with van der Waals surface area (Å²) in [7, 11) is 0. The van der Waals surface area contributed by atoms with Crippen LogP contribution in [0.1, 0.15) is 10.4 Å². The van der Waals surface area contributed by atoms with Crippen molar-refractivity contribution in [2.45, 2.75) is 0 Å². The number of nitrogens with zero attached hydrogens (tertiary/aromatic N) is 2. The lowest BCUT2D eigenvalue weighted by molar-refractivity contribution is 0.0955. The molecule has 27 heavy (non-hydrogen) atoms. The number of benzene rings is 2. The minimum atomic E-state index is -0.195. The van der Waals surface area contributed by atoms with Gasteiger partial charge < -0.3 is 16.4 Å². The summed E-state index contributed by atoms with van der Waals surface area (Å²) in [5.74, 6) is 0.339. The van der Waals surface area contributed by atoms with Crippen molar-refractivity contribution in [2.75, 3.05) is 12.0 Å². The summed E-state index contributed by atoms with van der Waals surface area (Å²) in [5.41, 5.74) is 9.48. The van der Waals surface area contributed by atoms with Gasteiger partial charge in [0.05, 0.1) is 22.6 Å². The van der Waals surface area contributed by atoms with Crippen molar-refractivity contribution < 1.29 is 4.79 Å². The molecule has 2 aromatic heterocycles. The fourth-order valence-corrected chi connectivity index (χ4v) is 3.58. The molecule has 0 atom stereocenters. The molecule has 7 heteroatoms. The average molecular weight is 375 g/mol. The SMILES string of the molecule is NCNC(=O)c1ccc(-c2nc(Nc3ccccc3)nc3ccsc23)cc1.